The summed E-state index contributed by atoms with van der Waals surface area (Å²) >= 11 is 0. The molecule has 1 aliphatic heterocycles. The molecular formula is C14H21N3O2. The number of morpholine rings is 1. The molecule has 19 heavy (non-hydrogen) atoms. The molecule has 0 bridgehead atoms. The molecule has 0 amide bonds. The molecule has 1 aromatic rings. The highest BCUT2D eigenvalue weighted by atomic mass is 16.5. The van der Waals surface area contributed by atoms with Crippen molar-refractivity contribution in [3.05, 3.63) is 23.4 Å². The van der Waals surface area contributed by atoms with Gasteiger partial charge < -0.3 is 9.15 Å². The first-order valence-corrected chi connectivity index (χ1v) is 7.12. The summed E-state index contributed by atoms with van der Waals surface area (Å²) in [5, 5.41) is 8.08. The van der Waals surface area contributed by atoms with Crippen LogP contribution in [0.3, 0.4) is 0 Å². The summed E-state index contributed by atoms with van der Waals surface area (Å²) in [6.45, 7) is 5.21. The molecule has 0 radical (unpaired) electrons. The van der Waals surface area contributed by atoms with Gasteiger partial charge in [-0.25, -0.2) is 0 Å². The molecule has 0 spiro atoms. The van der Waals surface area contributed by atoms with E-state index in [0.717, 1.165) is 19.7 Å². The second-order valence-electron chi connectivity index (χ2n) is 5.33. The van der Waals surface area contributed by atoms with E-state index < -0.39 is 0 Å². The molecule has 1 atom stereocenters. The van der Waals surface area contributed by atoms with Crippen molar-refractivity contribution >= 4 is 0 Å². The zero-order valence-electron chi connectivity index (χ0n) is 11.5. The highest BCUT2D eigenvalue weighted by molar-refractivity contribution is 5.09. The summed E-state index contributed by atoms with van der Waals surface area (Å²) in [6.07, 6.45) is 7.51. The van der Waals surface area contributed by atoms with Crippen LogP contribution in [0, 0.1) is 6.92 Å². The normalized spacial score (nSPS) is 25.3. The van der Waals surface area contributed by atoms with Crippen molar-refractivity contribution in [2.45, 2.75) is 38.6 Å². The smallest absolute Gasteiger partial charge is 0.235 e. The van der Waals surface area contributed by atoms with E-state index in [-0.39, 0.29) is 6.04 Å². The summed E-state index contributed by atoms with van der Waals surface area (Å²) in [5.41, 5.74) is 1.55. The molecule has 5 heteroatoms. The number of allylic oxidation sites excluding steroid dienone is 1. The minimum absolute atomic E-state index is 0.109. The molecule has 104 valence electrons. The van der Waals surface area contributed by atoms with Crippen molar-refractivity contribution in [2.24, 2.45) is 0 Å². The fourth-order valence-corrected chi connectivity index (χ4v) is 2.81. The Hall–Kier alpha value is -1.20. The van der Waals surface area contributed by atoms with Crippen LogP contribution in [0.2, 0.25) is 0 Å². The van der Waals surface area contributed by atoms with Gasteiger partial charge in [0, 0.05) is 20.0 Å². The number of hydrogen-bond donors (Lipinski definition) is 0. The monoisotopic (exact) mass is 263 g/mol. The zero-order valence-corrected chi connectivity index (χ0v) is 11.5. The molecule has 3 rings (SSSR count). The van der Waals surface area contributed by atoms with E-state index in [2.05, 4.69) is 21.2 Å². The molecular weight excluding hydrogens is 242 g/mol. The largest absolute Gasteiger partial charge is 0.424 e. The van der Waals surface area contributed by atoms with Crippen LogP contribution in [0.25, 0.3) is 0 Å². The Labute approximate surface area is 113 Å². The number of hydrogen-bond acceptors (Lipinski definition) is 5. The second-order valence-corrected chi connectivity index (χ2v) is 5.33. The van der Waals surface area contributed by atoms with Crippen molar-refractivity contribution in [2.75, 3.05) is 26.3 Å². The lowest BCUT2D eigenvalue weighted by Gasteiger charge is -2.34. The van der Waals surface area contributed by atoms with Crippen molar-refractivity contribution < 1.29 is 9.15 Å². The fourth-order valence-electron chi connectivity index (χ4n) is 2.81. The summed E-state index contributed by atoms with van der Waals surface area (Å²) in [5.74, 6) is 1.31. The Morgan fingerprint density at radius 1 is 1.37 bits per heavy atom. The zero-order chi connectivity index (χ0) is 13.1. The lowest BCUT2D eigenvalue weighted by Crippen LogP contribution is -2.40. The van der Waals surface area contributed by atoms with E-state index in [0.29, 0.717) is 18.4 Å². The molecule has 1 saturated heterocycles. The first kappa shape index (κ1) is 12.8. The summed E-state index contributed by atoms with van der Waals surface area (Å²) in [4.78, 5) is 2.41. The van der Waals surface area contributed by atoms with Crippen LogP contribution in [-0.2, 0) is 4.74 Å². The van der Waals surface area contributed by atoms with Gasteiger partial charge in [0.25, 0.3) is 0 Å². The van der Waals surface area contributed by atoms with E-state index in [1.54, 1.807) is 5.57 Å². The predicted octanol–water partition coefficient (Wildman–Crippen LogP) is 2.25. The maximum Gasteiger partial charge on any atom is 0.235 e. The molecule has 1 aliphatic carbocycles. The predicted molar refractivity (Wildman–Crippen MR) is 70.7 cm³/mol. The van der Waals surface area contributed by atoms with Gasteiger partial charge in [-0.3, -0.25) is 4.90 Å². The lowest BCUT2D eigenvalue weighted by atomic mass is 9.98. The van der Waals surface area contributed by atoms with E-state index in [1.807, 2.05) is 6.92 Å². The number of aromatic nitrogens is 2. The number of nitrogens with zero attached hydrogens (tertiary/aromatic N) is 3. The van der Waals surface area contributed by atoms with Crippen molar-refractivity contribution in [3.8, 4) is 0 Å². The highest BCUT2D eigenvalue weighted by Crippen LogP contribution is 2.26. The second kappa shape index (κ2) is 5.84. The number of aryl methyl sites for hydroxylation is 1. The van der Waals surface area contributed by atoms with Crippen molar-refractivity contribution in [3.63, 3.8) is 0 Å². The molecule has 1 aromatic heterocycles. The first-order valence-electron chi connectivity index (χ1n) is 7.12. The van der Waals surface area contributed by atoms with E-state index >= 15 is 0 Å². The fraction of sp³-hybridized carbons (Fsp3) is 0.714. The lowest BCUT2D eigenvalue weighted by molar-refractivity contribution is -0.0142. The Morgan fingerprint density at radius 2 is 2.32 bits per heavy atom. The Bertz CT molecular complexity index is 455. The summed E-state index contributed by atoms with van der Waals surface area (Å²) in [6, 6.07) is 0.109. The van der Waals surface area contributed by atoms with Gasteiger partial charge in [0.15, 0.2) is 0 Å². The topological polar surface area (TPSA) is 51.4 Å². The van der Waals surface area contributed by atoms with Crippen LogP contribution in [0.5, 0.6) is 0 Å². The van der Waals surface area contributed by atoms with E-state index in [1.165, 1.54) is 25.7 Å². The maximum absolute atomic E-state index is 5.58. The first-order chi connectivity index (χ1) is 9.33. The Kier molecular flexibility index (Phi) is 3.94. The molecule has 2 aliphatic rings. The van der Waals surface area contributed by atoms with E-state index in [4.69, 9.17) is 9.15 Å². The van der Waals surface area contributed by atoms with Gasteiger partial charge in [-0.2, -0.15) is 0 Å². The van der Waals surface area contributed by atoms with Crippen molar-refractivity contribution in [1.82, 2.24) is 15.1 Å². The van der Waals surface area contributed by atoms with Gasteiger partial charge in [0.2, 0.25) is 11.8 Å². The van der Waals surface area contributed by atoms with Crippen LogP contribution in [0.1, 0.15) is 43.5 Å². The minimum atomic E-state index is 0.109. The molecule has 2 heterocycles. The maximum atomic E-state index is 5.58. The Morgan fingerprint density at radius 3 is 3.05 bits per heavy atom. The standard InChI is InChI=1S/C14H21N3O2/c1-11-15-16-14(19-11)13-10-18-8-7-17(13)9-12-5-3-2-4-6-12/h5,13H,2-4,6-10H2,1H3/t13-/m0/s1. The molecule has 1 fully saturated rings. The van der Waals surface area contributed by atoms with Crippen LogP contribution < -0.4 is 0 Å². The van der Waals surface area contributed by atoms with Crippen LogP contribution >= 0.6 is 0 Å². The molecule has 0 aromatic carbocycles. The number of ether oxygens (including phenoxy) is 1. The third-order valence-corrected chi connectivity index (χ3v) is 3.86. The summed E-state index contributed by atoms with van der Waals surface area (Å²) in [7, 11) is 0. The van der Waals surface area contributed by atoms with Crippen LogP contribution in [0.4, 0.5) is 0 Å². The van der Waals surface area contributed by atoms with Gasteiger partial charge in [0.05, 0.1) is 13.2 Å². The molecule has 5 nitrogen and oxygen atoms in total. The highest BCUT2D eigenvalue weighted by Gasteiger charge is 2.29. The van der Waals surface area contributed by atoms with Crippen LogP contribution in [-0.4, -0.2) is 41.4 Å². The van der Waals surface area contributed by atoms with Gasteiger partial charge in [-0.15, -0.1) is 10.2 Å². The molecule has 0 saturated carbocycles. The minimum Gasteiger partial charge on any atom is -0.424 e. The average molecular weight is 263 g/mol. The van der Waals surface area contributed by atoms with Gasteiger partial charge in [-0.05, 0) is 25.7 Å². The molecule has 0 N–H and O–H groups in total. The van der Waals surface area contributed by atoms with Gasteiger partial charge in [0.1, 0.15) is 6.04 Å². The molecule has 0 unspecified atom stereocenters. The SMILES string of the molecule is Cc1nnc([C@@H]2COCCN2CC2=CCCCC2)o1. The third kappa shape index (κ3) is 3.04. The van der Waals surface area contributed by atoms with Crippen LogP contribution in [0.15, 0.2) is 16.1 Å². The quantitative estimate of drug-likeness (QED) is 0.783. The van der Waals surface area contributed by atoms with Gasteiger partial charge >= 0.3 is 0 Å². The average Bonchev–Trinajstić information content (AvgIpc) is 2.87. The van der Waals surface area contributed by atoms with Gasteiger partial charge in [-0.1, -0.05) is 11.6 Å². The third-order valence-electron chi connectivity index (χ3n) is 3.86. The Balaban J connectivity index is 1.71. The summed E-state index contributed by atoms with van der Waals surface area (Å²) < 4.78 is 11.2. The van der Waals surface area contributed by atoms with E-state index in [9.17, 15) is 0 Å². The van der Waals surface area contributed by atoms with Crippen molar-refractivity contribution in [1.29, 1.82) is 0 Å². The number of rotatable bonds is 3.